The molecule has 1 aromatic rings. The summed E-state index contributed by atoms with van der Waals surface area (Å²) < 4.78 is 0. The van der Waals surface area contributed by atoms with Gasteiger partial charge in [-0.3, -0.25) is 4.99 Å². The average molecular weight is 189 g/mol. The molecule has 2 nitrogen and oxygen atoms in total. The van der Waals surface area contributed by atoms with Gasteiger partial charge in [-0.2, -0.15) is 0 Å². The molecule has 14 heavy (non-hydrogen) atoms. The first-order valence-electron chi connectivity index (χ1n) is 5.09. The molecule has 0 atom stereocenters. The van der Waals surface area contributed by atoms with Crippen molar-refractivity contribution < 1.29 is 5.11 Å². The molecule has 1 aliphatic carbocycles. The Labute approximate surface area is 84.3 Å². The summed E-state index contributed by atoms with van der Waals surface area (Å²) in [4.78, 5) is 4.42. The summed E-state index contributed by atoms with van der Waals surface area (Å²) in [6.45, 7) is 1.90. The first-order chi connectivity index (χ1) is 6.77. The van der Waals surface area contributed by atoms with E-state index in [-0.39, 0.29) is 0 Å². The molecule has 0 unspecified atom stereocenters. The van der Waals surface area contributed by atoms with Crippen molar-refractivity contribution in [2.24, 2.45) is 4.99 Å². The highest BCUT2D eigenvalue weighted by Gasteiger charge is 2.14. The zero-order chi connectivity index (χ0) is 9.97. The third-order valence-electron chi connectivity index (χ3n) is 2.77. The van der Waals surface area contributed by atoms with E-state index in [0.717, 1.165) is 11.1 Å². The first-order valence-corrected chi connectivity index (χ1v) is 5.09. The van der Waals surface area contributed by atoms with E-state index in [1.165, 1.54) is 19.3 Å². The Morgan fingerprint density at radius 1 is 1.43 bits per heavy atom. The van der Waals surface area contributed by atoms with E-state index >= 15 is 0 Å². The zero-order valence-electron chi connectivity index (χ0n) is 8.40. The molecule has 0 amide bonds. The third kappa shape index (κ3) is 1.79. The normalized spacial score (nSPS) is 17.2. The van der Waals surface area contributed by atoms with Crippen LogP contribution in [0.5, 0.6) is 5.75 Å². The van der Waals surface area contributed by atoms with E-state index < -0.39 is 0 Å². The van der Waals surface area contributed by atoms with Crippen molar-refractivity contribution in [3.8, 4) is 5.75 Å². The van der Waals surface area contributed by atoms with Crippen LogP contribution in [0, 0.1) is 6.92 Å². The molecule has 0 saturated heterocycles. The summed E-state index contributed by atoms with van der Waals surface area (Å²) in [7, 11) is 0. The van der Waals surface area contributed by atoms with Gasteiger partial charge in [-0.1, -0.05) is 12.1 Å². The third-order valence-corrected chi connectivity index (χ3v) is 2.77. The number of aliphatic imine (C=N–C) groups is 1. The van der Waals surface area contributed by atoms with Crippen molar-refractivity contribution in [1.29, 1.82) is 0 Å². The largest absolute Gasteiger partial charge is 0.507 e. The molecule has 0 aromatic heterocycles. The van der Waals surface area contributed by atoms with Gasteiger partial charge in [0.1, 0.15) is 5.75 Å². The number of phenolic OH excluding ortho intramolecular Hbond substituents is 1. The van der Waals surface area contributed by atoms with Crippen LogP contribution in [0.2, 0.25) is 0 Å². The van der Waals surface area contributed by atoms with E-state index in [9.17, 15) is 5.11 Å². The van der Waals surface area contributed by atoms with Crippen molar-refractivity contribution in [2.75, 3.05) is 0 Å². The summed E-state index contributed by atoms with van der Waals surface area (Å²) in [6.07, 6.45) is 5.49. The number of hydrogen-bond acceptors (Lipinski definition) is 2. The predicted molar refractivity (Wildman–Crippen MR) is 58.1 cm³/mol. The molecule has 74 valence electrons. The number of benzene rings is 1. The fourth-order valence-corrected chi connectivity index (χ4v) is 1.51. The Bertz CT molecular complexity index is 353. The molecule has 0 heterocycles. The molecule has 0 spiro atoms. The van der Waals surface area contributed by atoms with Gasteiger partial charge in [0.15, 0.2) is 0 Å². The van der Waals surface area contributed by atoms with Crippen molar-refractivity contribution >= 4 is 6.21 Å². The number of hydrogen-bond donors (Lipinski definition) is 1. The summed E-state index contributed by atoms with van der Waals surface area (Å²) in [5.41, 5.74) is 1.74. The Balaban J connectivity index is 2.15. The van der Waals surface area contributed by atoms with Crippen LogP contribution in [0.1, 0.15) is 30.4 Å². The summed E-state index contributed by atoms with van der Waals surface area (Å²) in [5, 5.41) is 9.71. The maximum Gasteiger partial charge on any atom is 0.127 e. The van der Waals surface area contributed by atoms with Crippen molar-refractivity contribution in [3.05, 3.63) is 29.3 Å². The van der Waals surface area contributed by atoms with Crippen molar-refractivity contribution in [2.45, 2.75) is 32.2 Å². The minimum Gasteiger partial charge on any atom is -0.507 e. The fraction of sp³-hybridized carbons (Fsp3) is 0.417. The Morgan fingerprint density at radius 2 is 2.21 bits per heavy atom. The molecule has 0 radical (unpaired) electrons. The number of rotatable bonds is 2. The van der Waals surface area contributed by atoms with Crippen LogP contribution in [0.3, 0.4) is 0 Å². The Morgan fingerprint density at radius 3 is 2.86 bits per heavy atom. The van der Waals surface area contributed by atoms with Crippen LogP contribution >= 0.6 is 0 Å². The van der Waals surface area contributed by atoms with Crippen LogP contribution in [0.25, 0.3) is 0 Å². The van der Waals surface area contributed by atoms with Crippen LogP contribution in [-0.4, -0.2) is 17.4 Å². The number of aryl methyl sites for hydroxylation is 1. The maximum atomic E-state index is 9.71. The van der Waals surface area contributed by atoms with Gasteiger partial charge < -0.3 is 5.11 Å². The molecule has 2 rings (SSSR count). The Kier molecular flexibility index (Phi) is 2.53. The monoisotopic (exact) mass is 189 g/mol. The lowest BCUT2D eigenvalue weighted by molar-refractivity contribution is 0.421. The number of phenols is 1. The number of aromatic hydroxyl groups is 1. The standard InChI is InChI=1S/C12H15NO/c1-9-4-2-5-10(12(9)14)8-13-11-6-3-7-11/h2,4-5,8,11,14H,3,6-7H2,1H3. The van der Waals surface area contributed by atoms with Crippen LogP contribution < -0.4 is 0 Å². The van der Waals surface area contributed by atoms with Gasteiger partial charge in [0, 0.05) is 17.8 Å². The molecule has 1 aliphatic rings. The molecule has 1 fully saturated rings. The van der Waals surface area contributed by atoms with E-state index in [1.807, 2.05) is 25.1 Å². The van der Waals surface area contributed by atoms with Gasteiger partial charge in [-0.15, -0.1) is 0 Å². The van der Waals surface area contributed by atoms with E-state index in [2.05, 4.69) is 4.99 Å². The fourth-order valence-electron chi connectivity index (χ4n) is 1.51. The lowest BCUT2D eigenvalue weighted by Gasteiger charge is -2.20. The van der Waals surface area contributed by atoms with Gasteiger partial charge >= 0.3 is 0 Å². The molecule has 1 aromatic carbocycles. The molecule has 0 aliphatic heterocycles. The molecular weight excluding hydrogens is 174 g/mol. The smallest absolute Gasteiger partial charge is 0.127 e. The van der Waals surface area contributed by atoms with Gasteiger partial charge in [0.25, 0.3) is 0 Å². The first kappa shape index (κ1) is 9.25. The van der Waals surface area contributed by atoms with Gasteiger partial charge in [0.2, 0.25) is 0 Å². The lowest BCUT2D eigenvalue weighted by Crippen LogP contribution is -2.14. The zero-order valence-corrected chi connectivity index (χ0v) is 8.40. The average Bonchev–Trinajstić information content (AvgIpc) is 2.09. The second-order valence-corrected chi connectivity index (χ2v) is 3.88. The van der Waals surface area contributed by atoms with Gasteiger partial charge in [0.05, 0.1) is 0 Å². The van der Waals surface area contributed by atoms with E-state index in [1.54, 1.807) is 6.21 Å². The van der Waals surface area contributed by atoms with E-state index in [4.69, 9.17) is 0 Å². The highest BCUT2D eigenvalue weighted by atomic mass is 16.3. The van der Waals surface area contributed by atoms with Crippen molar-refractivity contribution in [1.82, 2.24) is 0 Å². The van der Waals surface area contributed by atoms with E-state index in [0.29, 0.717) is 11.8 Å². The highest BCUT2D eigenvalue weighted by molar-refractivity contribution is 5.84. The van der Waals surface area contributed by atoms with Crippen molar-refractivity contribution in [3.63, 3.8) is 0 Å². The van der Waals surface area contributed by atoms with Crippen LogP contribution in [0.15, 0.2) is 23.2 Å². The van der Waals surface area contributed by atoms with Crippen LogP contribution in [-0.2, 0) is 0 Å². The molecule has 0 bridgehead atoms. The summed E-state index contributed by atoms with van der Waals surface area (Å²) >= 11 is 0. The van der Waals surface area contributed by atoms with Gasteiger partial charge in [-0.05, 0) is 37.8 Å². The highest BCUT2D eigenvalue weighted by Crippen LogP contribution is 2.23. The number of para-hydroxylation sites is 1. The second kappa shape index (κ2) is 3.82. The van der Waals surface area contributed by atoms with Crippen LogP contribution in [0.4, 0.5) is 0 Å². The molecule has 1 N–H and O–H groups in total. The lowest BCUT2D eigenvalue weighted by atomic mass is 9.94. The SMILES string of the molecule is Cc1cccc(C=NC2CCC2)c1O. The topological polar surface area (TPSA) is 32.6 Å². The minimum atomic E-state index is 0.357. The maximum absolute atomic E-state index is 9.71. The second-order valence-electron chi connectivity index (χ2n) is 3.88. The summed E-state index contributed by atoms with van der Waals surface area (Å²) in [6, 6.07) is 6.23. The molecule has 1 saturated carbocycles. The minimum absolute atomic E-state index is 0.357. The number of nitrogens with zero attached hydrogens (tertiary/aromatic N) is 1. The quantitative estimate of drug-likeness (QED) is 0.713. The summed E-state index contributed by atoms with van der Waals surface area (Å²) in [5.74, 6) is 0.357. The molecule has 2 heteroatoms. The predicted octanol–water partition coefficient (Wildman–Crippen LogP) is 2.67. The van der Waals surface area contributed by atoms with Gasteiger partial charge in [-0.25, -0.2) is 0 Å². The molecular formula is C12H15NO. The Hall–Kier alpha value is -1.31.